The molecule has 4 rings (SSSR count). The summed E-state index contributed by atoms with van der Waals surface area (Å²) in [5, 5.41) is 17.0. The number of methoxy groups -OCH3 is 2. The van der Waals surface area contributed by atoms with Gasteiger partial charge in [-0.15, -0.1) is 0 Å². The fourth-order valence-electron chi connectivity index (χ4n) is 6.75. The lowest BCUT2D eigenvalue weighted by Gasteiger charge is -2.37. The van der Waals surface area contributed by atoms with Crippen molar-refractivity contribution in [3.05, 3.63) is 93.0 Å². The summed E-state index contributed by atoms with van der Waals surface area (Å²) in [5.41, 5.74) is -2.36. The first-order valence-electron chi connectivity index (χ1n) is 18.3. The molecule has 0 saturated carbocycles. The summed E-state index contributed by atoms with van der Waals surface area (Å²) in [6.45, 7) is 8.60. The molecule has 1 heterocycles. The number of nitriles is 1. The molecular formula is C41H47Cl2F2N3O10. The van der Waals surface area contributed by atoms with Crippen LogP contribution in [0.25, 0.3) is 0 Å². The van der Waals surface area contributed by atoms with Gasteiger partial charge in [0.2, 0.25) is 12.2 Å². The highest BCUT2D eigenvalue weighted by atomic mass is 35.5. The number of carbonyl (C=O) groups excluding carboxylic acids is 3. The number of rotatable bonds is 18. The number of hydrogen-bond donors (Lipinski definition) is 2. The van der Waals surface area contributed by atoms with E-state index in [4.69, 9.17) is 56.4 Å². The Morgan fingerprint density at radius 3 is 2.28 bits per heavy atom. The van der Waals surface area contributed by atoms with Crippen LogP contribution in [0.3, 0.4) is 0 Å². The van der Waals surface area contributed by atoms with E-state index in [9.17, 15) is 19.6 Å². The summed E-state index contributed by atoms with van der Waals surface area (Å²) in [7, 11) is 2.87. The minimum atomic E-state index is -1.84. The lowest BCUT2D eigenvalue weighted by Crippen LogP contribution is -2.45. The van der Waals surface area contributed by atoms with Crippen LogP contribution < -0.4 is 15.4 Å². The average molecular weight is 851 g/mol. The van der Waals surface area contributed by atoms with E-state index in [0.29, 0.717) is 19.8 Å². The SMILES string of the molecule is COCCOCCOCCOC(=O)OC(C)OC(=O)c1ccc(NC(=O)[C@@H]2N[C@@H](CC(C)(C)C)[C@](C#N)(c3ccc(Cl)cc3F)[C@H]2c2cccc(Cl)c2F)c(OC)c1. The predicted octanol–water partition coefficient (Wildman–Crippen LogP) is 7.58. The van der Waals surface area contributed by atoms with Gasteiger partial charge >= 0.3 is 12.1 Å². The van der Waals surface area contributed by atoms with Crippen LogP contribution in [0.5, 0.6) is 5.75 Å². The highest BCUT2D eigenvalue weighted by Gasteiger charge is 2.61. The Labute approximate surface area is 346 Å². The van der Waals surface area contributed by atoms with Gasteiger partial charge in [-0.3, -0.25) is 4.79 Å². The first-order valence-corrected chi connectivity index (χ1v) is 19.1. The maximum atomic E-state index is 16.1. The van der Waals surface area contributed by atoms with Gasteiger partial charge in [0.25, 0.3) is 0 Å². The Hall–Kier alpha value is -4.56. The first-order chi connectivity index (χ1) is 27.6. The van der Waals surface area contributed by atoms with Gasteiger partial charge in [-0.25, -0.2) is 18.4 Å². The number of hydrogen-bond acceptors (Lipinski definition) is 12. The van der Waals surface area contributed by atoms with Crippen LogP contribution in [0, 0.1) is 28.4 Å². The van der Waals surface area contributed by atoms with Gasteiger partial charge in [-0.1, -0.05) is 62.2 Å². The predicted molar refractivity (Wildman–Crippen MR) is 210 cm³/mol. The Morgan fingerprint density at radius 2 is 1.64 bits per heavy atom. The van der Waals surface area contributed by atoms with E-state index in [1.54, 1.807) is 7.11 Å². The monoisotopic (exact) mass is 849 g/mol. The topological polar surface area (TPSA) is 164 Å². The molecule has 0 aliphatic carbocycles. The second-order valence-corrected chi connectivity index (χ2v) is 15.3. The third-order valence-corrected chi connectivity index (χ3v) is 9.74. The van der Waals surface area contributed by atoms with Crippen LogP contribution in [0.15, 0.2) is 54.6 Å². The fraction of sp³-hybridized carbons (Fsp3) is 0.463. The standard InChI is InChI=1S/C41H47Cl2F2N3O10/c1-24(58-39(51)56-19-18-55-17-16-54-15-14-52-5)57-38(50)25-10-13-31(32(20-25)53-6)47-37(49)36-34(27-8-7-9-29(43)35(27)45)41(23-46,33(48-36)22-40(2,3)4)28-12-11-26(42)21-30(28)44/h7-13,20-21,24,33-34,36,48H,14-19,22H2,1-6H3,(H,47,49)/t24?,33-,34-,36+,41-/m0/s1. The Balaban J connectivity index is 1.53. The molecule has 3 aromatic rings. The molecule has 3 aromatic carbocycles. The number of benzene rings is 3. The average Bonchev–Trinajstić information content (AvgIpc) is 3.48. The number of nitrogens with zero attached hydrogens (tertiary/aromatic N) is 1. The van der Waals surface area contributed by atoms with Crippen molar-refractivity contribution in [1.82, 2.24) is 5.32 Å². The van der Waals surface area contributed by atoms with Gasteiger partial charge in [-0.05, 0) is 53.8 Å². The van der Waals surface area contributed by atoms with Crippen molar-refractivity contribution in [3.8, 4) is 11.8 Å². The van der Waals surface area contributed by atoms with E-state index in [1.807, 2.05) is 20.8 Å². The molecule has 1 unspecified atom stereocenters. The quantitative estimate of drug-likeness (QED) is 0.0734. The van der Waals surface area contributed by atoms with E-state index in [-0.39, 0.29) is 64.4 Å². The maximum Gasteiger partial charge on any atom is 0.511 e. The largest absolute Gasteiger partial charge is 0.511 e. The fourth-order valence-corrected chi connectivity index (χ4v) is 7.09. The van der Waals surface area contributed by atoms with Gasteiger partial charge < -0.3 is 43.8 Å². The number of nitrogens with one attached hydrogen (secondary N) is 2. The molecule has 0 spiro atoms. The van der Waals surface area contributed by atoms with Crippen LogP contribution in [-0.4, -0.2) is 90.3 Å². The van der Waals surface area contributed by atoms with Crippen molar-refractivity contribution in [2.75, 3.05) is 59.2 Å². The summed E-state index contributed by atoms with van der Waals surface area (Å²) < 4.78 is 68.1. The molecule has 1 aliphatic heterocycles. The molecule has 0 aromatic heterocycles. The molecular weight excluding hydrogens is 803 g/mol. The van der Waals surface area contributed by atoms with E-state index < -0.39 is 64.8 Å². The van der Waals surface area contributed by atoms with Crippen LogP contribution in [0.1, 0.15) is 61.5 Å². The highest BCUT2D eigenvalue weighted by molar-refractivity contribution is 6.31. The summed E-state index contributed by atoms with van der Waals surface area (Å²) in [6.07, 6.45) is -2.16. The minimum Gasteiger partial charge on any atom is -0.495 e. The summed E-state index contributed by atoms with van der Waals surface area (Å²) in [6, 6.07) is 12.2. The Kier molecular flexibility index (Phi) is 16.6. The summed E-state index contributed by atoms with van der Waals surface area (Å²) in [5.74, 6) is -4.56. The zero-order chi connectivity index (χ0) is 42.6. The third kappa shape index (κ3) is 11.6. The first kappa shape index (κ1) is 46.1. The summed E-state index contributed by atoms with van der Waals surface area (Å²) in [4.78, 5) is 39.5. The van der Waals surface area contributed by atoms with Crippen LogP contribution in [0.2, 0.25) is 10.0 Å². The molecule has 1 fully saturated rings. The molecule has 2 N–H and O–H groups in total. The Bertz CT molecular complexity index is 1960. The molecule has 58 heavy (non-hydrogen) atoms. The zero-order valence-corrected chi connectivity index (χ0v) is 34.5. The lowest BCUT2D eigenvalue weighted by atomic mass is 9.62. The van der Waals surface area contributed by atoms with Gasteiger partial charge in [0.15, 0.2) is 0 Å². The van der Waals surface area contributed by atoms with Gasteiger partial charge in [-0.2, -0.15) is 5.26 Å². The van der Waals surface area contributed by atoms with Crippen molar-refractivity contribution in [2.24, 2.45) is 5.41 Å². The number of carbonyl (C=O) groups is 3. The van der Waals surface area contributed by atoms with E-state index >= 15 is 8.78 Å². The zero-order valence-electron chi connectivity index (χ0n) is 33.0. The highest BCUT2D eigenvalue weighted by Crippen LogP contribution is 2.53. The molecule has 1 aliphatic rings. The second-order valence-electron chi connectivity index (χ2n) is 14.5. The number of halogens is 4. The maximum absolute atomic E-state index is 16.1. The number of esters is 1. The van der Waals surface area contributed by atoms with Crippen molar-refractivity contribution in [2.45, 2.75) is 63.8 Å². The molecule has 13 nitrogen and oxygen atoms in total. The molecule has 0 bridgehead atoms. The third-order valence-electron chi connectivity index (χ3n) is 9.21. The smallest absolute Gasteiger partial charge is 0.495 e. The van der Waals surface area contributed by atoms with Crippen molar-refractivity contribution >= 4 is 46.9 Å². The van der Waals surface area contributed by atoms with Crippen molar-refractivity contribution in [3.63, 3.8) is 0 Å². The van der Waals surface area contributed by atoms with Crippen LogP contribution in [0.4, 0.5) is 19.3 Å². The van der Waals surface area contributed by atoms with Crippen LogP contribution in [-0.2, 0) is 38.6 Å². The van der Waals surface area contributed by atoms with Gasteiger partial charge in [0, 0.05) is 36.6 Å². The molecule has 5 atom stereocenters. The summed E-state index contributed by atoms with van der Waals surface area (Å²) >= 11 is 12.4. The van der Waals surface area contributed by atoms with E-state index in [0.717, 1.165) is 6.07 Å². The molecule has 1 amide bonds. The van der Waals surface area contributed by atoms with E-state index in [1.165, 1.54) is 62.6 Å². The normalized spacial score (nSPS) is 19.5. The number of ether oxygens (including phenoxy) is 7. The molecule has 1 saturated heterocycles. The molecule has 0 radical (unpaired) electrons. The second kappa shape index (κ2) is 20.9. The van der Waals surface area contributed by atoms with Gasteiger partial charge in [0.1, 0.15) is 29.4 Å². The van der Waals surface area contributed by atoms with Crippen LogP contribution >= 0.6 is 23.2 Å². The van der Waals surface area contributed by atoms with Crippen molar-refractivity contribution < 1.29 is 56.3 Å². The number of anilines is 1. The molecule has 17 heteroatoms. The lowest BCUT2D eigenvalue weighted by molar-refractivity contribution is -0.118. The number of amides is 1. The van der Waals surface area contributed by atoms with E-state index in [2.05, 4.69) is 16.7 Å². The molecule has 314 valence electrons. The minimum absolute atomic E-state index is 0.0235. The van der Waals surface area contributed by atoms with Gasteiger partial charge in [0.05, 0.1) is 68.5 Å². The van der Waals surface area contributed by atoms with Crippen molar-refractivity contribution in [1.29, 1.82) is 5.26 Å². The Morgan fingerprint density at radius 1 is 0.948 bits per heavy atom.